The van der Waals surface area contributed by atoms with E-state index in [0.29, 0.717) is 17.2 Å². The molecule has 0 saturated heterocycles. The van der Waals surface area contributed by atoms with E-state index in [-0.39, 0.29) is 5.91 Å². The maximum Gasteiger partial charge on any atom is 0.230 e. The summed E-state index contributed by atoms with van der Waals surface area (Å²) in [7, 11) is 0. The maximum atomic E-state index is 12.4. The Labute approximate surface area is 150 Å². The Kier molecular flexibility index (Phi) is 4.64. The summed E-state index contributed by atoms with van der Waals surface area (Å²) >= 11 is 1.72. The second-order valence-electron chi connectivity index (χ2n) is 8.55. The van der Waals surface area contributed by atoms with E-state index in [9.17, 15) is 4.79 Å². The number of hydrogen-bond donors (Lipinski definition) is 1. The van der Waals surface area contributed by atoms with Gasteiger partial charge in [-0.1, -0.05) is 30.3 Å². The monoisotopic (exact) mass is 343 g/mol. The molecule has 4 saturated carbocycles. The Balaban J connectivity index is 1.28. The predicted molar refractivity (Wildman–Crippen MR) is 101 cm³/mol. The number of hydrogen-bond acceptors (Lipinski definition) is 2. The molecule has 4 aliphatic carbocycles. The predicted octanol–water partition coefficient (Wildman–Crippen LogP) is 4.64. The van der Waals surface area contributed by atoms with Crippen LogP contribution in [-0.2, 0) is 10.5 Å². The summed E-state index contributed by atoms with van der Waals surface area (Å²) in [6.45, 7) is 2.27. The van der Waals surface area contributed by atoms with Crippen LogP contribution in [0.1, 0.15) is 51.0 Å². The van der Waals surface area contributed by atoms with Crippen LogP contribution in [0.3, 0.4) is 0 Å². The van der Waals surface area contributed by atoms with Crippen molar-refractivity contribution in [3.63, 3.8) is 0 Å². The van der Waals surface area contributed by atoms with Gasteiger partial charge in [0.05, 0.1) is 5.75 Å². The fourth-order valence-corrected chi connectivity index (χ4v) is 6.78. The van der Waals surface area contributed by atoms with Crippen LogP contribution in [0.5, 0.6) is 0 Å². The summed E-state index contributed by atoms with van der Waals surface area (Å²) in [4.78, 5) is 12.4. The number of carbonyl (C=O) groups excluding carboxylic acids is 1. The van der Waals surface area contributed by atoms with Crippen molar-refractivity contribution in [1.82, 2.24) is 5.32 Å². The first-order chi connectivity index (χ1) is 11.6. The van der Waals surface area contributed by atoms with Crippen LogP contribution in [0.4, 0.5) is 0 Å². The van der Waals surface area contributed by atoms with Gasteiger partial charge < -0.3 is 5.32 Å². The summed E-state index contributed by atoms with van der Waals surface area (Å²) in [6.07, 6.45) is 8.47. The van der Waals surface area contributed by atoms with Gasteiger partial charge in [0, 0.05) is 11.8 Å². The minimum atomic E-state index is 0.221. The van der Waals surface area contributed by atoms with Crippen molar-refractivity contribution in [1.29, 1.82) is 0 Å². The number of amides is 1. The van der Waals surface area contributed by atoms with E-state index in [0.717, 1.165) is 23.5 Å². The first kappa shape index (κ1) is 16.5. The zero-order valence-electron chi connectivity index (χ0n) is 14.7. The van der Waals surface area contributed by atoms with E-state index in [2.05, 4.69) is 36.5 Å². The molecule has 1 N–H and O–H groups in total. The summed E-state index contributed by atoms with van der Waals surface area (Å²) in [5.74, 6) is 4.55. The molecule has 1 aromatic rings. The average molecular weight is 344 g/mol. The van der Waals surface area contributed by atoms with Gasteiger partial charge in [0.25, 0.3) is 0 Å². The Morgan fingerprint density at radius 2 is 1.71 bits per heavy atom. The number of carbonyl (C=O) groups is 1. The third-order valence-electron chi connectivity index (χ3n) is 6.73. The Morgan fingerprint density at radius 1 is 1.12 bits per heavy atom. The van der Waals surface area contributed by atoms with Gasteiger partial charge in [-0.25, -0.2) is 0 Å². The number of thioether (sulfide) groups is 1. The highest BCUT2D eigenvalue weighted by Gasteiger charge is 2.53. The van der Waals surface area contributed by atoms with Crippen molar-refractivity contribution in [2.45, 2.75) is 57.2 Å². The standard InChI is InChI=1S/C21H29NOS/c1-15(21-10-17-7-18(11-21)9-19(8-17)12-21)22-20(23)14-24-13-16-5-3-2-4-6-16/h2-6,15,17-19H,7-14H2,1H3,(H,22,23). The quantitative estimate of drug-likeness (QED) is 0.815. The largest absolute Gasteiger partial charge is 0.352 e. The molecule has 3 heteroatoms. The van der Waals surface area contributed by atoms with E-state index >= 15 is 0 Å². The van der Waals surface area contributed by atoms with Crippen LogP contribution in [0.25, 0.3) is 0 Å². The molecule has 1 aromatic carbocycles. The van der Waals surface area contributed by atoms with E-state index in [4.69, 9.17) is 0 Å². The second kappa shape index (κ2) is 6.74. The molecule has 24 heavy (non-hydrogen) atoms. The number of nitrogens with one attached hydrogen (secondary N) is 1. The minimum absolute atomic E-state index is 0.221. The Bertz CT molecular complexity index is 549. The molecule has 1 atom stereocenters. The summed E-state index contributed by atoms with van der Waals surface area (Å²) in [6, 6.07) is 10.8. The van der Waals surface area contributed by atoms with Crippen LogP contribution in [0.15, 0.2) is 30.3 Å². The Morgan fingerprint density at radius 3 is 2.29 bits per heavy atom. The van der Waals surface area contributed by atoms with Gasteiger partial charge in [0.15, 0.2) is 0 Å². The summed E-state index contributed by atoms with van der Waals surface area (Å²) in [5.41, 5.74) is 1.71. The first-order valence-corrected chi connectivity index (χ1v) is 10.7. The number of rotatable bonds is 6. The summed E-state index contributed by atoms with van der Waals surface area (Å²) in [5, 5.41) is 3.36. The molecule has 4 bridgehead atoms. The van der Waals surface area contributed by atoms with Gasteiger partial charge in [-0.05, 0) is 74.2 Å². The molecule has 0 radical (unpaired) electrons. The Hall–Kier alpha value is -0.960. The van der Waals surface area contributed by atoms with Crippen molar-refractivity contribution in [2.75, 3.05) is 5.75 Å². The average Bonchev–Trinajstić information content (AvgIpc) is 2.54. The van der Waals surface area contributed by atoms with Gasteiger partial charge in [0.2, 0.25) is 5.91 Å². The fourth-order valence-electron chi connectivity index (χ4n) is 5.98. The molecule has 1 amide bonds. The number of benzene rings is 1. The summed E-state index contributed by atoms with van der Waals surface area (Å²) < 4.78 is 0. The van der Waals surface area contributed by atoms with Crippen molar-refractivity contribution in [3.05, 3.63) is 35.9 Å². The van der Waals surface area contributed by atoms with Crippen molar-refractivity contribution < 1.29 is 4.79 Å². The highest BCUT2D eigenvalue weighted by atomic mass is 32.2. The maximum absolute atomic E-state index is 12.4. The molecule has 0 aromatic heterocycles. The molecule has 1 unspecified atom stereocenters. The third-order valence-corrected chi connectivity index (χ3v) is 7.73. The van der Waals surface area contributed by atoms with Gasteiger partial charge in [-0.2, -0.15) is 0 Å². The second-order valence-corrected chi connectivity index (χ2v) is 9.53. The van der Waals surface area contributed by atoms with Gasteiger partial charge in [-0.3, -0.25) is 4.79 Å². The van der Waals surface area contributed by atoms with Crippen LogP contribution in [-0.4, -0.2) is 17.7 Å². The van der Waals surface area contributed by atoms with Crippen LogP contribution in [0.2, 0.25) is 0 Å². The van der Waals surface area contributed by atoms with Gasteiger partial charge in [0.1, 0.15) is 0 Å². The highest BCUT2D eigenvalue weighted by molar-refractivity contribution is 7.99. The van der Waals surface area contributed by atoms with Crippen molar-refractivity contribution in [2.24, 2.45) is 23.2 Å². The molecule has 0 heterocycles. The smallest absolute Gasteiger partial charge is 0.230 e. The van der Waals surface area contributed by atoms with E-state index in [1.54, 1.807) is 11.8 Å². The lowest BCUT2D eigenvalue weighted by atomic mass is 9.48. The lowest BCUT2D eigenvalue weighted by Gasteiger charge is -2.59. The van der Waals surface area contributed by atoms with Crippen LogP contribution in [0, 0.1) is 23.2 Å². The van der Waals surface area contributed by atoms with Crippen molar-refractivity contribution >= 4 is 17.7 Å². The molecule has 0 aliphatic heterocycles. The van der Waals surface area contributed by atoms with Crippen molar-refractivity contribution in [3.8, 4) is 0 Å². The molecular weight excluding hydrogens is 314 g/mol. The molecule has 4 fully saturated rings. The van der Waals surface area contributed by atoms with E-state index < -0.39 is 0 Å². The normalized spacial score (nSPS) is 35.0. The van der Waals surface area contributed by atoms with Gasteiger partial charge in [-0.15, -0.1) is 11.8 Å². The zero-order valence-corrected chi connectivity index (χ0v) is 15.5. The molecule has 4 aliphatic rings. The lowest BCUT2D eigenvalue weighted by Crippen LogP contribution is -2.56. The molecular formula is C21H29NOS. The lowest BCUT2D eigenvalue weighted by molar-refractivity contribution is -0.123. The SMILES string of the molecule is CC(NC(=O)CSCc1ccccc1)C12CC3CC(CC(C3)C1)C2. The van der Waals surface area contributed by atoms with Gasteiger partial charge >= 0.3 is 0 Å². The zero-order chi connectivity index (χ0) is 16.6. The highest BCUT2D eigenvalue weighted by Crippen LogP contribution is 2.61. The molecule has 5 rings (SSSR count). The topological polar surface area (TPSA) is 29.1 Å². The van der Waals surface area contributed by atoms with Crippen LogP contribution >= 0.6 is 11.8 Å². The molecule has 2 nitrogen and oxygen atoms in total. The third kappa shape index (κ3) is 3.37. The van der Waals surface area contributed by atoms with Crippen LogP contribution < -0.4 is 5.32 Å². The van der Waals surface area contributed by atoms with E-state index in [1.807, 2.05) is 6.07 Å². The minimum Gasteiger partial charge on any atom is -0.352 e. The van der Waals surface area contributed by atoms with E-state index in [1.165, 1.54) is 44.1 Å². The first-order valence-electron chi connectivity index (χ1n) is 9.54. The fraction of sp³-hybridized carbons (Fsp3) is 0.667. The molecule has 0 spiro atoms. The molecule has 130 valence electrons.